The van der Waals surface area contributed by atoms with Crippen molar-refractivity contribution in [3.05, 3.63) is 69.7 Å². The Labute approximate surface area is 206 Å². The molecule has 1 N–H and O–H groups in total. The molecule has 0 aliphatic carbocycles. The predicted molar refractivity (Wildman–Crippen MR) is 136 cm³/mol. The summed E-state index contributed by atoms with van der Waals surface area (Å²) in [5.41, 5.74) is 2.08. The number of thioether (sulfide) groups is 1. The molecule has 2 rings (SSSR count). The quantitative estimate of drug-likeness (QED) is 0.394. The van der Waals surface area contributed by atoms with Gasteiger partial charge in [-0.2, -0.15) is 0 Å². The van der Waals surface area contributed by atoms with Crippen LogP contribution in [0.3, 0.4) is 0 Å². The minimum atomic E-state index is -0.486. The zero-order valence-electron chi connectivity index (χ0n) is 18.9. The Kier molecular flexibility index (Phi) is 11.4. The molecule has 0 aliphatic heterocycles. The number of carbonyl (C=O) groups is 2. The van der Waals surface area contributed by atoms with Crippen LogP contribution >= 0.6 is 35.0 Å². The van der Waals surface area contributed by atoms with Gasteiger partial charge in [-0.05, 0) is 49.4 Å². The Balaban J connectivity index is 2.08. The van der Waals surface area contributed by atoms with Crippen molar-refractivity contribution in [1.29, 1.82) is 0 Å². The van der Waals surface area contributed by atoms with Crippen molar-refractivity contribution in [3.8, 4) is 0 Å². The Morgan fingerprint density at radius 2 is 1.78 bits per heavy atom. The van der Waals surface area contributed by atoms with Crippen molar-refractivity contribution in [1.82, 2.24) is 10.2 Å². The Morgan fingerprint density at radius 3 is 2.41 bits per heavy atom. The summed E-state index contributed by atoms with van der Waals surface area (Å²) in [7, 11) is 0. The van der Waals surface area contributed by atoms with Gasteiger partial charge in [0, 0.05) is 28.4 Å². The van der Waals surface area contributed by atoms with Gasteiger partial charge >= 0.3 is 0 Å². The Morgan fingerprint density at radius 1 is 1.06 bits per heavy atom. The third kappa shape index (κ3) is 8.34. The number of benzene rings is 2. The maximum atomic E-state index is 13.2. The fourth-order valence-corrected chi connectivity index (χ4v) is 4.78. The summed E-state index contributed by atoms with van der Waals surface area (Å²) in [5, 5.41) is 4.22. The van der Waals surface area contributed by atoms with Gasteiger partial charge in [-0.25, -0.2) is 0 Å². The first-order valence-corrected chi connectivity index (χ1v) is 12.9. The molecule has 2 aromatic carbocycles. The Bertz CT molecular complexity index is 880. The monoisotopic (exact) mass is 494 g/mol. The SMILES string of the molecule is CC[C@@H](C)NC(=O)[C@@H](CC)N(CCc1ccccc1)C(=O)CSCc1ccc(Cl)cc1Cl. The second-order valence-corrected chi connectivity index (χ2v) is 9.62. The zero-order chi connectivity index (χ0) is 23.5. The van der Waals surface area contributed by atoms with Gasteiger partial charge < -0.3 is 10.2 Å². The first kappa shape index (κ1) is 26.6. The van der Waals surface area contributed by atoms with E-state index in [2.05, 4.69) is 5.32 Å². The summed E-state index contributed by atoms with van der Waals surface area (Å²) in [4.78, 5) is 27.9. The van der Waals surface area contributed by atoms with Crippen LogP contribution < -0.4 is 5.32 Å². The van der Waals surface area contributed by atoms with Crippen molar-refractivity contribution in [2.24, 2.45) is 0 Å². The summed E-state index contributed by atoms with van der Waals surface area (Å²) in [5.74, 6) is 0.751. The van der Waals surface area contributed by atoms with Crippen LogP contribution in [0.1, 0.15) is 44.7 Å². The maximum absolute atomic E-state index is 13.2. The second kappa shape index (κ2) is 13.8. The molecule has 2 aromatic rings. The summed E-state index contributed by atoms with van der Waals surface area (Å²) in [6.07, 6.45) is 2.11. The summed E-state index contributed by atoms with van der Waals surface area (Å²) >= 11 is 13.7. The molecule has 0 aliphatic rings. The molecule has 0 unspecified atom stereocenters. The average molecular weight is 496 g/mol. The van der Waals surface area contributed by atoms with Crippen LogP contribution in [0.4, 0.5) is 0 Å². The molecule has 4 nitrogen and oxygen atoms in total. The van der Waals surface area contributed by atoms with Crippen molar-refractivity contribution in [2.45, 2.75) is 57.9 Å². The normalized spacial score (nSPS) is 12.8. The first-order chi connectivity index (χ1) is 15.3. The highest BCUT2D eigenvalue weighted by Gasteiger charge is 2.28. The maximum Gasteiger partial charge on any atom is 0.243 e. The first-order valence-electron chi connectivity index (χ1n) is 11.0. The Hall–Kier alpha value is -1.69. The topological polar surface area (TPSA) is 49.4 Å². The predicted octanol–water partition coefficient (Wildman–Crippen LogP) is 5.99. The van der Waals surface area contributed by atoms with Crippen LogP contribution in [0.25, 0.3) is 0 Å². The van der Waals surface area contributed by atoms with Crippen LogP contribution in [-0.4, -0.2) is 41.1 Å². The fourth-order valence-electron chi connectivity index (χ4n) is 3.31. The van der Waals surface area contributed by atoms with Gasteiger partial charge in [0.25, 0.3) is 0 Å². The number of halogens is 2. The molecule has 7 heteroatoms. The highest BCUT2D eigenvalue weighted by Crippen LogP contribution is 2.25. The zero-order valence-corrected chi connectivity index (χ0v) is 21.3. The van der Waals surface area contributed by atoms with E-state index in [1.807, 2.05) is 57.2 Å². The van der Waals surface area contributed by atoms with E-state index >= 15 is 0 Å². The number of rotatable bonds is 12. The van der Waals surface area contributed by atoms with Crippen LogP contribution in [-0.2, 0) is 21.8 Å². The molecular weight excluding hydrogens is 463 g/mol. The molecule has 0 bridgehead atoms. The highest BCUT2D eigenvalue weighted by atomic mass is 35.5. The van der Waals surface area contributed by atoms with Crippen LogP contribution in [0.15, 0.2) is 48.5 Å². The lowest BCUT2D eigenvalue weighted by Gasteiger charge is -2.31. The molecule has 174 valence electrons. The lowest BCUT2D eigenvalue weighted by Crippen LogP contribution is -2.52. The number of amides is 2. The average Bonchev–Trinajstić information content (AvgIpc) is 2.78. The molecule has 0 fully saturated rings. The molecule has 0 saturated carbocycles. The van der Waals surface area contributed by atoms with Gasteiger partial charge in [0.15, 0.2) is 0 Å². The van der Waals surface area contributed by atoms with Crippen molar-refractivity contribution in [2.75, 3.05) is 12.3 Å². The van der Waals surface area contributed by atoms with Crippen LogP contribution in [0.5, 0.6) is 0 Å². The van der Waals surface area contributed by atoms with Gasteiger partial charge in [-0.1, -0.05) is 73.4 Å². The lowest BCUT2D eigenvalue weighted by atomic mass is 10.1. The number of hydrogen-bond donors (Lipinski definition) is 1. The van der Waals surface area contributed by atoms with Gasteiger partial charge in [0.1, 0.15) is 6.04 Å². The largest absolute Gasteiger partial charge is 0.352 e. The van der Waals surface area contributed by atoms with E-state index in [9.17, 15) is 9.59 Å². The van der Waals surface area contributed by atoms with Crippen LogP contribution in [0.2, 0.25) is 10.0 Å². The van der Waals surface area contributed by atoms with Gasteiger partial charge in [-0.15, -0.1) is 11.8 Å². The molecule has 0 spiro atoms. The van der Waals surface area contributed by atoms with Crippen LogP contribution in [0, 0.1) is 0 Å². The summed E-state index contributed by atoms with van der Waals surface area (Å²) < 4.78 is 0. The molecule has 0 radical (unpaired) electrons. The molecule has 2 amide bonds. The van der Waals surface area contributed by atoms with E-state index < -0.39 is 6.04 Å². The third-order valence-corrected chi connectivity index (χ3v) is 6.92. The molecule has 32 heavy (non-hydrogen) atoms. The van der Waals surface area contributed by atoms with E-state index in [0.717, 1.165) is 17.5 Å². The van der Waals surface area contributed by atoms with E-state index in [1.165, 1.54) is 11.8 Å². The molecule has 2 atom stereocenters. The van der Waals surface area contributed by atoms with Gasteiger partial charge in [0.2, 0.25) is 11.8 Å². The van der Waals surface area contributed by atoms with Crippen molar-refractivity contribution >= 4 is 46.8 Å². The van der Waals surface area contributed by atoms with E-state index in [0.29, 0.717) is 35.2 Å². The second-order valence-electron chi connectivity index (χ2n) is 7.79. The fraction of sp³-hybridized carbons (Fsp3) is 0.440. The highest BCUT2D eigenvalue weighted by molar-refractivity contribution is 7.99. The molecule has 0 heterocycles. The number of hydrogen-bond acceptors (Lipinski definition) is 3. The van der Waals surface area contributed by atoms with E-state index in [4.69, 9.17) is 23.2 Å². The summed E-state index contributed by atoms with van der Waals surface area (Å²) in [6, 6.07) is 15.0. The summed E-state index contributed by atoms with van der Waals surface area (Å²) in [6.45, 7) is 6.46. The van der Waals surface area contributed by atoms with Gasteiger partial charge in [0.05, 0.1) is 5.75 Å². The van der Waals surface area contributed by atoms with Crippen molar-refractivity contribution < 1.29 is 9.59 Å². The van der Waals surface area contributed by atoms with Gasteiger partial charge in [-0.3, -0.25) is 9.59 Å². The lowest BCUT2D eigenvalue weighted by molar-refractivity contribution is -0.139. The van der Waals surface area contributed by atoms with E-state index in [-0.39, 0.29) is 23.6 Å². The number of carbonyl (C=O) groups excluding carboxylic acids is 2. The van der Waals surface area contributed by atoms with E-state index in [1.54, 1.807) is 17.0 Å². The smallest absolute Gasteiger partial charge is 0.243 e. The number of nitrogens with zero attached hydrogens (tertiary/aromatic N) is 1. The minimum Gasteiger partial charge on any atom is -0.352 e. The molecule has 0 saturated heterocycles. The number of nitrogens with one attached hydrogen (secondary N) is 1. The molecular formula is C25H32Cl2N2O2S. The minimum absolute atomic E-state index is 0.0397. The standard InChI is InChI=1S/C25H32Cl2N2O2S/c1-4-18(3)28-25(31)23(5-2)29(14-13-19-9-7-6-8-10-19)24(30)17-32-16-20-11-12-21(26)15-22(20)27/h6-12,15,18,23H,4-5,13-14,16-17H2,1-3H3,(H,28,31)/t18-,23-/m1/s1. The van der Waals surface area contributed by atoms with Crippen molar-refractivity contribution in [3.63, 3.8) is 0 Å². The molecule has 0 aromatic heterocycles. The third-order valence-electron chi connectivity index (χ3n) is 5.37.